The van der Waals surface area contributed by atoms with Crippen LogP contribution >= 0.6 is 11.3 Å². The predicted octanol–water partition coefficient (Wildman–Crippen LogP) is 4.31. The number of nitrogens with zero attached hydrogens (tertiary/aromatic N) is 2. The monoisotopic (exact) mass is 305 g/mol. The molecule has 4 aromatic rings. The van der Waals surface area contributed by atoms with Crippen LogP contribution in [0.3, 0.4) is 0 Å². The number of aromatic nitrogens is 2. The van der Waals surface area contributed by atoms with E-state index < -0.39 is 0 Å². The number of thiazole rings is 1. The normalized spacial score (nSPS) is 11.1. The number of fused-ring (bicyclic) bond motifs is 1. The van der Waals surface area contributed by atoms with E-state index in [1.165, 1.54) is 27.3 Å². The smallest absolute Gasteiger partial charge is 0.217 e. The van der Waals surface area contributed by atoms with E-state index >= 15 is 0 Å². The van der Waals surface area contributed by atoms with Gasteiger partial charge in [-0.15, -0.1) is 0 Å². The Hall–Kier alpha value is -2.39. The molecule has 0 atom stereocenters. The van der Waals surface area contributed by atoms with Gasteiger partial charge in [0.1, 0.15) is 24.6 Å². The summed E-state index contributed by atoms with van der Waals surface area (Å²) in [5.41, 5.74) is 5.15. The minimum Gasteiger partial charge on any atom is -0.217 e. The Morgan fingerprint density at radius 2 is 1.68 bits per heavy atom. The second-order valence-electron chi connectivity index (χ2n) is 5.52. The van der Waals surface area contributed by atoms with E-state index in [0.29, 0.717) is 0 Å². The average Bonchev–Trinajstić information content (AvgIpc) is 3.13. The summed E-state index contributed by atoms with van der Waals surface area (Å²) in [7, 11) is 0. The lowest BCUT2D eigenvalue weighted by molar-refractivity contribution is -0.659. The fourth-order valence-corrected chi connectivity index (χ4v) is 3.72. The van der Waals surface area contributed by atoms with E-state index in [1.807, 2.05) is 0 Å². The molecule has 4 rings (SSSR count). The van der Waals surface area contributed by atoms with Crippen LogP contribution in [0, 0.1) is 6.92 Å². The molecule has 0 saturated carbocycles. The maximum absolute atomic E-state index is 2.30. The molecule has 2 nitrogen and oxygen atoms in total. The molecule has 0 aliphatic carbocycles. The summed E-state index contributed by atoms with van der Waals surface area (Å²) in [6.07, 6.45) is 4.30. The van der Waals surface area contributed by atoms with Gasteiger partial charge in [-0.05, 0) is 23.6 Å². The molecule has 0 saturated heterocycles. The summed E-state index contributed by atoms with van der Waals surface area (Å²) < 4.78 is 4.54. The molecule has 3 heteroatoms. The van der Waals surface area contributed by atoms with Gasteiger partial charge in [0.15, 0.2) is 0 Å². The third-order valence-corrected chi connectivity index (χ3v) is 5.08. The van der Waals surface area contributed by atoms with Gasteiger partial charge in [-0.2, -0.15) is 4.40 Å². The highest BCUT2D eigenvalue weighted by Gasteiger charge is 2.13. The molecule has 0 N–H and O–H groups in total. The Morgan fingerprint density at radius 3 is 2.45 bits per heavy atom. The highest BCUT2D eigenvalue weighted by Crippen LogP contribution is 2.19. The summed E-state index contributed by atoms with van der Waals surface area (Å²) in [5.74, 6) is 0. The molecule has 0 amide bonds. The van der Waals surface area contributed by atoms with Gasteiger partial charge in [0.25, 0.3) is 0 Å². The predicted molar refractivity (Wildman–Crippen MR) is 91.2 cm³/mol. The van der Waals surface area contributed by atoms with Crippen molar-refractivity contribution in [2.24, 2.45) is 0 Å². The van der Waals surface area contributed by atoms with Gasteiger partial charge in [-0.25, -0.2) is 4.57 Å². The first kappa shape index (κ1) is 13.3. The summed E-state index contributed by atoms with van der Waals surface area (Å²) >= 11 is 1.79. The zero-order valence-corrected chi connectivity index (χ0v) is 13.3. The van der Waals surface area contributed by atoms with Gasteiger partial charge in [-0.3, -0.25) is 0 Å². The zero-order valence-electron chi connectivity index (χ0n) is 12.4. The molecule has 0 spiro atoms. The van der Waals surface area contributed by atoms with Crippen molar-refractivity contribution in [3.05, 3.63) is 83.6 Å². The van der Waals surface area contributed by atoms with Crippen molar-refractivity contribution in [2.45, 2.75) is 13.5 Å². The topological polar surface area (TPSA) is 8.29 Å². The zero-order chi connectivity index (χ0) is 14.9. The number of rotatable bonds is 3. The molecule has 2 aromatic heterocycles. The summed E-state index contributed by atoms with van der Waals surface area (Å²) in [4.78, 5) is 1.28. The third-order valence-electron chi connectivity index (χ3n) is 3.98. The number of hydrogen-bond donors (Lipinski definition) is 0. The maximum Gasteiger partial charge on any atom is 0.346 e. The van der Waals surface area contributed by atoms with Gasteiger partial charge in [-0.1, -0.05) is 65.9 Å². The van der Waals surface area contributed by atoms with Crippen LogP contribution in [0.5, 0.6) is 0 Å². The van der Waals surface area contributed by atoms with Crippen molar-refractivity contribution >= 4 is 16.3 Å². The van der Waals surface area contributed by atoms with Gasteiger partial charge in [0.2, 0.25) is 0 Å². The van der Waals surface area contributed by atoms with E-state index in [2.05, 4.69) is 88.3 Å². The quantitative estimate of drug-likeness (QED) is 0.498. The van der Waals surface area contributed by atoms with Gasteiger partial charge >= 0.3 is 4.96 Å². The van der Waals surface area contributed by atoms with Crippen molar-refractivity contribution in [1.82, 2.24) is 4.40 Å². The Labute approximate surface area is 133 Å². The molecule has 108 valence electrons. The first-order chi connectivity index (χ1) is 10.8. The summed E-state index contributed by atoms with van der Waals surface area (Å²) in [5, 5.41) is 2.20. The minimum absolute atomic E-state index is 0.908. The van der Waals surface area contributed by atoms with Crippen LogP contribution in [0.15, 0.2) is 72.4 Å². The average molecular weight is 305 g/mol. The summed E-state index contributed by atoms with van der Waals surface area (Å²) in [6.45, 7) is 3.05. The Bertz CT molecular complexity index is 902. The third kappa shape index (κ3) is 2.34. The van der Waals surface area contributed by atoms with Crippen LogP contribution in [0.2, 0.25) is 0 Å². The fourth-order valence-electron chi connectivity index (χ4n) is 2.75. The van der Waals surface area contributed by atoms with Crippen LogP contribution in [-0.4, -0.2) is 4.40 Å². The lowest BCUT2D eigenvalue weighted by Crippen LogP contribution is -2.31. The molecule has 0 unspecified atom stereocenters. The second kappa shape index (κ2) is 5.43. The minimum atomic E-state index is 0.908. The van der Waals surface area contributed by atoms with E-state index in [9.17, 15) is 0 Å². The van der Waals surface area contributed by atoms with Crippen molar-refractivity contribution < 1.29 is 4.57 Å². The Morgan fingerprint density at radius 1 is 0.955 bits per heavy atom. The van der Waals surface area contributed by atoms with Crippen molar-refractivity contribution in [3.63, 3.8) is 0 Å². The lowest BCUT2D eigenvalue weighted by Gasteiger charge is -2.03. The highest BCUT2D eigenvalue weighted by atomic mass is 32.1. The molecule has 22 heavy (non-hydrogen) atoms. The van der Waals surface area contributed by atoms with Gasteiger partial charge in [0.05, 0.1) is 0 Å². The summed E-state index contributed by atoms with van der Waals surface area (Å²) in [6, 6.07) is 19.4. The van der Waals surface area contributed by atoms with Crippen LogP contribution in [-0.2, 0) is 6.54 Å². The lowest BCUT2D eigenvalue weighted by atomic mass is 10.0. The molecule has 0 radical (unpaired) electrons. The molecule has 0 bridgehead atoms. The van der Waals surface area contributed by atoms with Crippen molar-refractivity contribution in [1.29, 1.82) is 0 Å². The highest BCUT2D eigenvalue weighted by molar-refractivity contribution is 7.14. The van der Waals surface area contributed by atoms with Crippen LogP contribution in [0.4, 0.5) is 0 Å². The Balaban J connectivity index is 1.61. The van der Waals surface area contributed by atoms with E-state index in [-0.39, 0.29) is 0 Å². The fraction of sp³-hybridized carbons (Fsp3) is 0.105. The molecule has 2 aromatic carbocycles. The number of benzene rings is 2. The molecule has 0 aliphatic heterocycles. The van der Waals surface area contributed by atoms with E-state index in [4.69, 9.17) is 0 Å². The van der Waals surface area contributed by atoms with E-state index in [0.717, 1.165) is 6.54 Å². The first-order valence-electron chi connectivity index (χ1n) is 7.40. The van der Waals surface area contributed by atoms with E-state index in [1.54, 1.807) is 11.3 Å². The van der Waals surface area contributed by atoms with Crippen LogP contribution in [0.25, 0.3) is 16.1 Å². The standard InChI is InChI=1S/C19H17N2S/c1-15-14-22-19-20(11-12-21(15)19)13-16-7-9-18(10-8-16)17-5-3-2-4-6-17/h2-12,14H,13H2,1H3/q+1. The SMILES string of the molecule is Cc1csc2n1cc[n+]2Cc1ccc(-c2ccccc2)cc1. The maximum atomic E-state index is 2.30. The van der Waals surface area contributed by atoms with Gasteiger partial charge < -0.3 is 0 Å². The van der Waals surface area contributed by atoms with Crippen molar-refractivity contribution in [3.8, 4) is 11.1 Å². The first-order valence-corrected chi connectivity index (χ1v) is 8.28. The van der Waals surface area contributed by atoms with Crippen LogP contribution < -0.4 is 4.57 Å². The molecular formula is C19H17N2S+. The van der Waals surface area contributed by atoms with Crippen LogP contribution in [0.1, 0.15) is 11.3 Å². The largest absolute Gasteiger partial charge is 0.346 e. The Kier molecular flexibility index (Phi) is 3.28. The number of imidazole rings is 1. The molecule has 2 heterocycles. The van der Waals surface area contributed by atoms with Crippen molar-refractivity contribution in [2.75, 3.05) is 0 Å². The number of hydrogen-bond acceptors (Lipinski definition) is 1. The van der Waals surface area contributed by atoms with Gasteiger partial charge in [0, 0.05) is 5.38 Å². The molecule has 0 fully saturated rings. The molecular weight excluding hydrogens is 288 g/mol. The number of aryl methyl sites for hydroxylation is 1. The molecule has 0 aliphatic rings. The second-order valence-corrected chi connectivity index (χ2v) is 6.36.